The molecule has 0 aliphatic heterocycles. The fourth-order valence-corrected chi connectivity index (χ4v) is 3.52. The SMILES string of the molecule is CN(CCNC(=O)CC1(CN)CCCCC1)Cc1ccccc1. The van der Waals surface area contributed by atoms with Crippen LogP contribution in [0.4, 0.5) is 0 Å². The molecule has 1 aromatic rings. The first-order chi connectivity index (χ1) is 11.1. The fourth-order valence-electron chi connectivity index (χ4n) is 3.52. The maximum atomic E-state index is 12.2. The third kappa shape index (κ3) is 5.96. The first-order valence-corrected chi connectivity index (χ1v) is 8.83. The summed E-state index contributed by atoms with van der Waals surface area (Å²) in [5.74, 6) is 0.158. The number of rotatable bonds is 8. The molecule has 23 heavy (non-hydrogen) atoms. The van der Waals surface area contributed by atoms with Crippen molar-refractivity contribution in [2.24, 2.45) is 11.1 Å². The highest BCUT2D eigenvalue weighted by Gasteiger charge is 2.32. The van der Waals surface area contributed by atoms with E-state index in [1.54, 1.807) is 0 Å². The van der Waals surface area contributed by atoms with Gasteiger partial charge in [0.2, 0.25) is 5.91 Å². The molecule has 1 aromatic carbocycles. The summed E-state index contributed by atoms with van der Waals surface area (Å²) in [6, 6.07) is 10.4. The van der Waals surface area contributed by atoms with Gasteiger partial charge in [-0.25, -0.2) is 0 Å². The summed E-state index contributed by atoms with van der Waals surface area (Å²) in [7, 11) is 2.08. The van der Waals surface area contributed by atoms with Crippen LogP contribution in [0.3, 0.4) is 0 Å². The van der Waals surface area contributed by atoms with Gasteiger partial charge < -0.3 is 16.0 Å². The van der Waals surface area contributed by atoms with E-state index in [0.717, 1.165) is 25.9 Å². The van der Waals surface area contributed by atoms with Crippen molar-refractivity contribution in [1.29, 1.82) is 0 Å². The van der Waals surface area contributed by atoms with Gasteiger partial charge in [0.1, 0.15) is 0 Å². The summed E-state index contributed by atoms with van der Waals surface area (Å²) in [6.07, 6.45) is 6.50. The van der Waals surface area contributed by atoms with Gasteiger partial charge in [-0.05, 0) is 37.4 Å². The maximum Gasteiger partial charge on any atom is 0.220 e. The molecule has 1 aliphatic carbocycles. The van der Waals surface area contributed by atoms with Crippen LogP contribution >= 0.6 is 0 Å². The highest BCUT2D eigenvalue weighted by molar-refractivity contribution is 5.76. The molecule has 4 nitrogen and oxygen atoms in total. The minimum atomic E-state index is 0.0538. The highest BCUT2D eigenvalue weighted by atomic mass is 16.1. The molecule has 0 spiro atoms. The predicted molar refractivity (Wildman–Crippen MR) is 95.0 cm³/mol. The Hall–Kier alpha value is -1.39. The van der Waals surface area contributed by atoms with Crippen LogP contribution in [0.15, 0.2) is 30.3 Å². The lowest BCUT2D eigenvalue weighted by molar-refractivity contribution is -0.123. The molecule has 128 valence electrons. The number of carbonyl (C=O) groups excluding carboxylic acids is 1. The number of benzene rings is 1. The van der Waals surface area contributed by atoms with Crippen molar-refractivity contribution in [3.05, 3.63) is 35.9 Å². The lowest BCUT2D eigenvalue weighted by atomic mass is 9.71. The Bertz CT molecular complexity index is 469. The summed E-state index contributed by atoms with van der Waals surface area (Å²) in [5, 5.41) is 3.07. The van der Waals surface area contributed by atoms with Crippen molar-refractivity contribution in [1.82, 2.24) is 10.2 Å². The topological polar surface area (TPSA) is 58.4 Å². The minimum absolute atomic E-state index is 0.0538. The molecular formula is C19H31N3O. The molecule has 1 amide bonds. The number of likely N-dealkylation sites (N-methyl/N-ethyl adjacent to an activating group) is 1. The first-order valence-electron chi connectivity index (χ1n) is 8.83. The normalized spacial score (nSPS) is 17.2. The van der Waals surface area contributed by atoms with E-state index in [0.29, 0.717) is 19.5 Å². The summed E-state index contributed by atoms with van der Waals surface area (Å²) in [5.41, 5.74) is 7.31. The predicted octanol–water partition coefficient (Wildman–Crippen LogP) is 2.53. The smallest absolute Gasteiger partial charge is 0.220 e. The summed E-state index contributed by atoms with van der Waals surface area (Å²) >= 11 is 0. The Morgan fingerprint density at radius 2 is 1.91 bits per heavy atom. The van der Waals surface area contributed by atoms with E-state index in [4.69, 9.17) is 5.73 Å². The monoisotopic (exact) mass is 317 g/mol. The Kier molecular flexibility index (Phi) is 7.06. The third-order valence-electron chi connectivity index (χ3n) is 4.99. The van der Waals surface area contributed by atoms with Gasteiger partial charge in [-0.15, -0.1) is 0 Å². The maximum absolute atomic E-state index is 12.2. The molecule has 2 rings (SSSR count). The zero-order valence-electron chi connectivity index (χ0n) is 14.4. The third-order valence-corrected chi connectivity index (χ3v) is 4.99. The molecule has 0 aromatic heterocycles. The Morgan fingerprint density at radius 3 is 2.57 bits per heavy atom. The van der Waals surface area contributed by atoms with E-state index in [1.165, 1.54) is 24.8 Å². The van der Waals surface area contributed by atoms with Crippen LogP contribution < -0.4 is 11.1 Å². The molecular weight excluding hydrogens is 286 g/mol. The van der Waals surface area contributed by atoms with Crippen LogP contribution in [0.25, 0.3) is 0 Å². The highest BCUT2D eigenvalue weighted by Crippen LogP contribution is 2.38. The molecule has 1 saturated carbocycles. The second-order valence-corrected chi connectivity index (χ2v) is 7.01. The van der Waals surface area contributed by atoms with Crippen molar-refractivity contribution >= 4 is 5.91 Å². The van der Waals surface area contributed by atoms with Gasteiger partial charge in [0, 0.05) is 26.1 Å². The molecule has 0 atom stereocenters. The second-order valence-electron chi connectivity index (χ2n) is 7.01. The van der Waals surface area contributed by atoms with Crippen molar-refractivity contribution in [3.8, 4) is 0 Å². The summed E-state index contributed by atoms with van der Waals surface area (Å²) in [6.45, 7) is 3.09. The number of nitrogens with zero attached hydrogens (tertiary/aromatic N) is 1. The Labute approximate surface area is 140 Å². The molecule has 0 radical (unpaired) electrons. The fraction of sp³-hybridized carbons (Fsp3) is 0.632. The van der Waals surface area contributed by atoms with Crippen molar-refractivity contribution < 1.29 is 4.79 Å². The Balaban J connectivity index is 1.67. The number of nitrogens with two attached hydrogens (primary N) is 1. The number of nitrogens with one attached hydrogen (secondary N) is 1. The van der Waals surface area contributed by atoms with E-state index in [-0.39, 0.29) is 11.3 Å². The minimum Gasteiger partial charge on any atom is -0.355 e. The molecule has 4 heteroatoms. The number of hydrogen-bond acceptors (Lipinski definition) is 3. The number of hydrogen-bond donors (Lipinski definition) is 2. The van der Waals surface area contributed by atoms with Crippen LogP contribution in [0.1, 0.15) is 44.1 Å². The van der Waals surface area contributed by atoms with Gasteiger partial charge in [0.25, 0.3) is 0 Å². The van der Waals surface area contributed by atoms with Gasteiger partial charge in [0.05, 0.1) is 0 Å². The molecule has 3 N–H and O–H groups in total. The number of amides is 1. The van der Waals surface area contributed by atoms with Crippen LogP contribution in [0.2, 0.25) is 0 Å². The average molecular weight is 317 g/mol. The average Bonchev–Trinajstić information content (AvgIpc) is 2.56. The van der Waals surface area contributed by atoms with E-state index < -0.39 is 0 Å². The molecule has 1 fully saturated rings. The Morgan fingerprint density at radius 1 is 1.22 bits per heavy atom. The first kappa shape index (κ1) is 18.0. The zero-order chi connectivity index (χ0) is 16.5. The van der Waals surface area contributed by atoms with E-state index >= 15 is 0 Å². The summed E-state index contributed by atoms with van der Waals surface area (Å²) in [4.78, 5) is 14.5. The van der Waals surface area contributed by atoms with Gasteiger partial charge in [0.15, 0.2) is 0 Å². The standard InChI is InChI=1S/C19H31N3O/c1-22(15-17-8-4-2-5-9-17)13-12-21-18(23)14-19(16-20)10-6-3-7-11-19/h2,4-5,8-9H,3,6-7,10-16,20H2,1H3,(H,21,23). The van der Waals surface area contributed by atoms with E-state index in [2.05, 4.69) is 41.5 Å². The molecule has 0 bridgehead atoms. The molecule has 0 heterocycles. The largest absolute Gasteiger partial charge is 0.355 e. The van der Waals surface area contributed by atoms with Crippen molar-refractivity contribution in [2.45, 2.75) is 45.1 Å². The van der Waals surface area contributed by atoms with Gasteiger partial charge in [-0.1, -0.05) is 49.6 Å². The van der Waals surface area contributed by atoms with Crippen molar-refractivity contribution in [3.63, 3.8) is 0 Å². The number of carbonyl (C=O) groups is 1. The van der Waals surface area contributed by atoms with Crippen molar-refractivity contribution in [2.75, 3.05) is 26.7 Å². The van der Waals surface area contributed by atoms with Gasteiger partial charge in [-0.2, -0.15) is 0 Å². The molecule has 0 unspecified atom stereocenters. The zero-order valence-corrected chi connectivity index (χ0v) is 14.4. The summed E-state index contributed by atoms with van der Waals surface area (Å²) < 4.78 is 0. The van der Waals surface area contributed by atoms with E-state index in [9.17, 15) is 4.79 Å². The lowest BCUT2D eigenvalue weighted by Gasteiger charge is -2.35. The lowest BCUT2D eigenvalue weighted by Crippen LogP contribution is -2.40. The van der Waals surface area contributed by atoms with Gasteiger partial charge >= 0.3 is 0 Å². The van der Waals surface area contributed by atoms with Crippen LogP contribution in [-0.4, -0.2) is 37.5 Å². The van der Waals surface area contributed by atoms with Gasteiger partial charge in [-0.3, -0.25) is 4.79 Å². The van der Waals surface area contributed by atoms with Crippen LogP contribution in [0.5, 0.6) is 0 Å². The second kappa shape index (κ2) is 9.04. The van der Waals surface area contributed by atoms with E-state index in [1.807, 2.05) is 6.07 Å². The molecule has 0 saturated heterocycles. The molecule has 1 aliphatic rings. The van der Waals surface area contributed by atoms with Crippen LogP contribution in [0, 0.1) is 5.41 Å². The van der Waals surface area contributed by atoms with Crippen LogP contribution in [-0.2, 0) is 11.3 Å². The quantitative estimate of drug-likeness (QED) is 0.774.